The maximum Gasteiger partial charge on any atom is 0.0196 e. The molecule has 0 radical (unpaired) electrons. The van der Waals surface area contributed by atoms with E-state index in [4.69, 9.17) is 0 Å². The lowest BCUT2D eigenvalue weighted by atomic mass is 9.99. The van der Waals surface area contributed by atoms with Gasteiger partial charge < -0.3 is 5.32 Å². The van der Waals surface area contributed by atoms with Crippen LogP contribution < -0.4 is 5.32 Å². The van der Waals surface area contributed by atoms with E-state index in [9.17, 15) is 0 Å². The third kappa shape index (κ3) is 3.69. The summed E-state index contributed by atoms with van der Waals surface area (Å²) in [4.78, 5) is 2.80. The summed E-state index contributed by atoms with van der Waals surface area (Å²) in [5.41, 5.74) is 0. The Kier molecular flexibility index (Phi) is 4.87. The van der Waals surface area contributed by atoms with Gasteiger partial charge in [0.25, 0.3) is 0 Å². The number of nitrogens with zero attached hydrogens (tertiary/aromatic N) is 1. The zero-order valence-corrected chi connectivity index (χ0v) is 11.9. The molecule has 3 atom stereocenters. The van der Waals surface area contributed by atoms with Crippen LogP contribution in [-0.2, 0) is 0 Å². The van der Waals surface area contributed by atoms with Crippen molar-refractivity contribution in [2.24, 2.45) is 5.92 Å². The molecular weight excluding hydrogens is 208 g/mol. The number of hydrogen-bond donors (Lipinski definition) is 1. The van der Waals surface area contributed by atoms with Crippen molar-refractivity contribution in [1.82, 2.24) is 10.2 Å². The van der Waals surface area contributed by atoms with Crippen molar-refractivity contribution in [3.05, 3.63) is 0 Å². The molecule has 100 valence electrons. The standard InChI is InChI=1S/C15H30N2/c1-4-6-14-11-17(12(3)10-16-14)15(5-2)9-13-7-8-13/h12-16H,4-11H2,1-3H3. The van der Waals surface area contributed by atoms with E-state index in [1.165, 1.54) is 51.6 Å². The van der Waals surface area contributed by atoms with Crippen molar-refractivity contribution < 1.29 is 0 Å². The van der Waals surface area contributed by atoms with Crippen molar-refractivity contribution in [2.45, 2.75) is 77.4 Å². The Balaban J connectivity index is 1.89. The van der Waals surface area contributed by atoms with Crippen LogP contribution in [0.4, 0.5) is 0 Å². The molecule has 0 aromatic carbocycles. The molecule has 2 nitrogen and oxygen atoms in total. The third-order valence-corrected chi connectivity index (χ3v) is 4.58. The molecule has 3 unspecified atom stereocenters. The number of rotatable bonds is 6. The summed E-state index contributed by atoms with van der Waals surface area (Å²) < 4.78 is 0. The predicted octanol–water partition coefficient (Wildman–Crippen LogP) is 3.03. The molecule has 1 aliphatic heterocycles. The fourth-order valence-corrected chi connectivity index (χ4v) is 3.28. The highest BCUT2D eigenvalue weighted by molar-refractivity contribution is 4.90. The lowest BCUT2D eigenvalue weighted by Crippen LogP contribution is -2.58. The smallest absolute Gasteiger partial charge is 0.0196 e. The first kappa shape index (κ1) is 13.4. The summed E-state index contributed by atoms with van der Waals surface area (Å²) in [6.45, 7) is 9.53. The van der Waals surface area contributed by atoms with Gasteiger partial charge in [-0.15, -0.1) is 0 Å². The summed E-state index contributed by atoms with van der Waals surface area (Å²) in [7, 11) is 0. The lowest BCUT2D eigenvalue weighted by molar-refractivity contribution is 0.0781. The third-order valence-electron chi connectivity index (χ3n) is 4.58. The van der Waals surface area contributed by atoms with Crippen LogP contribution in [-0.4, -0.2) is 36.1 Å². The zero-order valence-electron chi connectivity index (χ0n) is 11.9. The number of hydrogen-bond acceptors (Lipinski definition) is 2. The van der Waals surface area contributed by atoms with Crippen molar-refractivity contribution >= 4 is 0 Å². The van der Waals surface area contributed by atoms with Crippen molar-refractivity contribution in [3.8, 4) is 0 Å². The fraction of sp³-hybridized carbons (Fsp3) is 1.00. The van der Waals surface area contributed by atoms with E-state index in [1.807, 2.05) is 0 Å². The van der Waals surface area contributed by atoms with Gasteiger partial charge in [-0.2, -0.15) is 0 Å². The molecule has 0 bridgehead atoms. The van der Waals surface area contributed by atoms with Crippen LogP contribution in [0.3, 0.4) is 0 Å². The second kappa shape index (κ2) is 6.19. The molecule has 2 aliphatic rings. The molecule has 17 heavy (non-hydrogen) atoms. The topological polar surface area (TPSA) is 15.3 Å². The van der Waals surface area contributed by atoms with Crippen LogP contribution in [0.1, 0.15) is 59.3 Å². The second-order valence-corrected chi connectivity index (χ2v) is 6.18. The first-order chi connectivity index (χ1) is 8.24. The van der Waals surface area contributed by atoms with Crippen LogP contribution in [0.2, 0.25) is 0 Å². The Bertz CT molecular complexity index is 225. The average Bonchev–Trinajstić information content (AvgIpc) is 3.13. The maximum absolute atomic E-state index is 3.71. The van der Waals surface area contributed by atoms with Gasteiger partial charge in [0, 0.05) is 31.2 Å². The van der Waals surface area contributed by atoms with Gasteiger partial charge in [-0.1, -0.05) is 33.1 Å². The maximum atomic E-state index is 3.71. The van der Waals surface area contributed by atoms with Crippen molar-refractivity contribution in [3.63, 3.8) is 0 Å². The predicted molar refractivity (Wildman–Crippen MR) is 74.3 cm³/mol. The minimum atomic E-state index is 0.729. The van der Waals surface area contributed by atoms with Gasteiger partial charge >= 0.3 is 0 Å². The van der Waals surface area contributed by atoms with E-state index in [1.54, 1.807) is 0 Å². The molecule has 1 N–H and O–H groups in total. The average molecular weight is 238 g/mol. The van der Waals surface area contributed by atoms with Crippen LogP contribution in [0.5, 0.6) is 0 Å². The molecule has 1 heterocycles. The molecule has 2 rings (SSSR count). The Morgan fingerprint density at radius 3 is 2.65 bits per heavy atom. The normalized spacial score (nSPS) is 32.6. The Morgan fingerprint density at radius 2 is 2.06 bits per heavy atom. The summed E-state index contributed by atoms with van der Waals surface area (Å²) in [5, 5.41) is 3.71. The minimum absolute atomic E-state index is 0.729. The van der Waals surface area contributed by atoms with Crippen LogP contribution >= 0.6 is 0 Å². The summed E-state index contributed by atoms with van der Waals surface area (Å²) in [5.74, 6) is 1.06. The van der Waals surface area contributed by atoms with E-state index >= 15 is 0 Å². The molecule has 2 fully saturated rings. The first-order valence-corrected chi connectivity index (χ1v) is 7.73. The van der Waals surface area contributed by atoms with Crippen LogP contribution in [0.25, 0.3) is 0 Å². The molecule has 0 aromatic rings. The monoisotopic (exact) mass is 238 g/mol. The zero-order chi connectivity index (χ0) is 12.3. The molecule has 2 heteroatoms. The SMILES string of the molecule is CCCC1CN(C(CC)CC2CC2)C(C)CN1. The Hall–Kier alpha value is -0.0800. The van der Waals surface area contributed by atoms with Gasteiger partial charge in [0.2, 0.25) is 0 Å². The van der Waals surface area contributed by atoms with Crippen LogP contribution in [0.15, 0.2) is 0 Å². The highest BCUT2D eigenvalue weighted by atomic mass is 15.2. The highest BCUT2D eigenvalue weighted by Gasteiger charge is 2.33. The van der Waals surface area contributed by atoms with Gasteiger partial charge in [-0.3, -0.25) is 4.90 Å². The molecule has 1 saturated heterocycles. The summed E-state index contributed by atoms with van der Waals surface area (Å²) in [6.07, 6.45) is 8.42. The van der Waals surface area contributed by atoms with Crippen molar-refractivity contribution in [2.75, 3.05) is 13.1 Å². The second-order valence-electron chi connectivity index (χ2n) is 6.18. The highest BCUT2D eigenvalue weighted by Crippen LogP contribution is 2.36. The van der Waals surface area contributed by atoms with Gasteiger partial charge in [0.15, 0.2) is 0 Å². The van der Waals surface area contributed by atoms with Crippen molar-refractivity contribution in [1.29, 1.82) is 0 Å². The van der Waals surface area contributed by atoms with Gasteiger partial charge in [0.1, 0.15) is 0 Å². The molecule has 0 amide bonds. The number of piperazine rings is 1. The van der Waals surface area contributed by atoms with E-state index in [0.717, 1.165) is 24.0 Å². The van der Waals surface area contributed by atoms with E-state index in [-0.39, 0.29) is 0 Å². The summed E-state index contributed by atoms with van der Waals surface area (Å²) in [6, 6.07) is 2.32. The van der Waals surface area contributed by atoms with Gasteiger partial charge in [-0.05, 0) is 32.1 Å². The quantitative estimate of drug-likeness (QED) is 0.765. The van der Waals surface area contributed by atoms with Gasteiger partial charge in [-0.25, -0.2) is 0 Å². The van der Waals surface area contributed by atoms with Gasteiger partial charge in [0.05, 0.1) is 0 Å². The number of nitrogens with one attached hydrogen (secondary N) is 1. The first-order valence-electron chi connectivity index (χ1n) is 7.73. The molecule has 1 saturated carbocycles. The minimum Gasteiger partial charge on any atom is -0.311 e. The van der Waals surface area contributed by atoms with E-state index in [0.29, 0.717) is 0 Å². The summed E-state index contributed by atoms with van der Waals surface area (Å²) >= 11 is 0. The Morgan fingerprint density at radius 1 is 1.29 bits per heavy atom. The van der Waals surface area contributed by atoms with Crippen LogP contribution in [0, 0.1) is 5.92 Å². The van der Waals surface area contributed by atoms with E-state index < -0.39 is 0 Å². The molecule has 0 aromatic heterocycles. The molecular formula is C15H30N2. The largest absolute Gasteiger partial charge is 0.311 e. The molecule has 1 aliphatic carbocycles. The lowest BCUT2D eigenvalue weighted by Gasteiger charge is -2.43. The van der Waals surface area contributed by atoms with E-state index in [2.05, 4.69) is 31.0 Å². The molecule has 0 spiro atoms. The Labute approximate surface area is 107 Å². The fourth-order valence-electron chi connectivity index (χ4n) is 3.28.